The molecule has 12 heteroatoms. The van der Waals surface area contributed by atoms with Crippen molar-refractivity contribution in [3.05, 3.63) is 41.5 Å². The Kier molecular flexibility index (Phi) is 6.01. The van der Waals surface area contributed by atoms with Crippen LogP contribution in [0.4, 0.5) is 5.82 Å². The van der Waals surface area contributed by atoms with Crippen LogP contribution in [0.25, 0.3) is 5.82 Å². The number of nitrogens with zero attached hydrogens (tertiary/aromatic N) is 8. The maximum atomic E-state index is 12.8. The van der Waals surface area contributed by atoms with Crippen LogP contribution in [0.15, 0.2) is 34.3 Å². The topological polar surface area (TPSA) is 153 Å². The Morgan fingerprint density at radius 2 is 2.21 bits per heavy atom. The summed E-state index contributed by atoms with van der Waals surface area (Å²) in [6, 6.07) is 3.58. The minimum atomic E-state index is -0.519. The van der Waals surface area contributed by atoms with Gasteiger partial charge < -0.3 is 5.73 Å². The number of carbonyl (C=O) groups excluding carboxylic acids is 1. The van der Waals surface area contributed by atoms with Crippen molar-refractivity contribution in [1.82, 2.24) is 40.6 Å². The molecule has 3 aromatic heterocycles. The van der Waals surface area contributed by atoms with Gasteiger partial charge in [0.15, 0.2) is 5.69 Å². The molecule has 0 aromatic carbocycles. The van der Waals surface area contributed by atoms with Crippen molar-refractivity contribution in [1.29, 1.82) is 0 Å². The number of hydrazone groups is 1. The lowest BCUT2D eigenvalue weighted by Crippen LogP contribution is -2.27. The van der Waals surface area contributed by atoms with E-state index in [1.807, 2.05) is 19.9 Å². The number of aromatic nitrogens is 6. The maximum absolute atomic E-state index is 12.8. The second-order valence-electron chi connectivity index (χ2n) is 5.72. The third kappa shape index (κ3) is 4.17. The Bertz CT molecular complexity index is 946. The number of nitrogens with one attached hydrogen (secondary N) is 1. The highest BCUT2D eigenvalue weighted by Gasteiger charge is 2.25. The summed E-state index contributed by atoms with van der Waals surface area (Å²) in [4.78, 5) is 18.9. The number of carbonyl (C=O) groups is 1. The molecule has 0 radical (unpaired) electrons. The van der Waals surface area contributed by atoms with E-state index in [1.54, 1.807) is 18.5 Å². The van der Waals surface area contributed by atoms with Gasteiger partial charge in [0.05, 0.1) is 6.21 Å². The second kappa shape index (κ2) is 8.81. The van der Waals surface area contributed by atoms with Crippen LogP contribution in [-0.4, -0.2) is 60.4 Å². The van der Waals surface area contributed by atoms with E-state index in [1.165, 1.54) is 10.9 Å². The predicted octanol–water partition coefficient (Wildman–Crippen LogP) is 0.233. The van der Waals surface area contributed by atoms with Crippen molar-refractivity contribution in [2.75, 3.05) is 18.8 Å². The summed E-state index contributed by atoms with van der Waals surface area (Å²) < 4.78 is 5.81. The third-order valence-corrected chi connectivity index (χ3v) is 3.98. The number of hydrogen-bond acceptors (Lipinski definition) is 10. The molecule has 12 nitrogen and oxygen atoms in total. The summed E-state index contributed by atoms with van der Waals surface area (Å²) in [6.45, 7) is 6.04. The zero-order chi connectivity index (χ0) is 19.9. The first-order chi connectivity index (χ1) is 13.6. The molecule has 0 aliphatic rings. The molecule has 3 rings (SSSR count). The van der Waals surface area contributed by atoms with Gasteiger partial charge in [-0.15, -0.1) is 5.10 Å². The van der Waals surface area contributed by atoms with Crippen LogP contribution in [0, 0.1) is 0 Å². The lowest BCUT2D eigenvalue weighted by molar-refractivity contribution is 0.0945. The average Bonchev–Trinajstić information content (AvgIpc) is 3.32. The molecule has 0 aliphatic heterocycles. The van der Waals surface area contributed by atoms with Crippen LogP contribution < -0.4 is 11.2 Å². The molecule has 0 saturated heterocycles. The molecular formula is C16H20N10O2. The second-order valence-corrected chi connectivity index (χ2v) is 5.72. The third-order valence-electron chi connectivity index (χ3n) is 3.98. The van der Waals surface area contributed by atoms with Crippen molar-refractivity contribution in [2.45, 2.75) is 20.4 Å². The Morgan fingerprint density at radius 1 is 1.39 bits per heavy atom. The summed E-state index contributed by atoms with van der Waals surface area (Å²) in [5.74, 6) is -0.443. The van der Waals surface area contributed by atoms with Gasteiger partial charge in [0, 0.05) is 24.5 Å². The van der Waals surface area contributed by atoms with Gasteiger partial charge in [0.2, 0.25) is 11.6 Å². The fourth-order valence-corrected chi connectivity index (χ4v) is 2.46. The van der Waals surface area contributed by atoms with E-state index < -0.39 is 5.91 Å². The SMILES string of the molecule is CCN(CC)Cc1nnn(-c2nonc2N)c1C(=O)NN=Cc1cccnc1. The molecule has 28 heavy (non-hydrogen) atoms. The number of anilines is 1. The molecule has 1 amide bonds. The van der Waals surface area contributed by atoms with Crippen molar-refractivity contribution < 1.29 is 9.42 Å². The summed E-state index contributed by atoms with van der Waals surface area (Å²) in [5, 5.41) is 19.3. The predicted molar refractivity (Wildman–Crippen MR) is 99.5 cm³/mol. The van der Waals surface area contributed by atoms with Crippen molar-refractivity contribution in [3.8, 4) is 5.82 Å². The minimum Gasteiger partial charge on any atom is -0.378 e. The quantitative estimate of drug-likeness (QED) is 0.410. The molecule has 0 bridgehead atoms. The zero-order valence-electron chi connectivity index (χ0n) is 15.5. The molecular weight excluding hydrogens is 364 g/mol. The van der Waals surface area contributed by atoms with Gasteiger partial charge in [0.25, 0.3) is 5.91 Å². The van der Waals surface area contributed by atoms with Crippen LogP contribution in [0.1, 0.15) is 35.6 Å². The highest BCUT2D eigenvalue weighted by Crippen LogP contribution is 2.17. The number of pyridine rings is 1. The summed E-state index contributed by atoms with van der Waals surface area (Å²) in [7, 11) is 0. The van der Waals surface area contributed by atoms with Crippen LogP contribution >= 0.6 is 0 Å². The summed E-state index contributed by atoms with van der Waals surface area (Å²) in [5.41, 5.74) is 9.56. The lowest BCUT2D eigenvalue weighted by atomic mass is 10.2. The van der Waals surface area contributed by atoms with Crippen LogP contribution in [0.5, 0.6) is 0 Å². The van der Waals surface area contributed by atoms with E-state index >= 15 is 0 Å². The van der Waals surface area contributed by atoms with Gasteiger partial charge >= 0.3 is 0 Å². The molecule has 0 atom stereocenters. The zero-order valence-corrected chi connectivity index (χ0v) is 15.5. The van der Waals surface area contributed by atoms with Gasteiger partial charge in [-0.3, -0.25) is 14.7 Å². The molecule has 0 saturated carbocycles. The van der Waals surface area contributed by atoms with Crippen molar-refractivity contribution in [2.24, 2.45) is 5.10 Å². The summed E-state index contributed by atoms with van der Waals surface area (Å²) in [6.07, 6.45) is 4.75. The highest BCUT2D eigenvalue weighted by atomic mass is 16.6. The van der Waals surface area contributed by atoms with E-state index in [4.69, 9.17) is 5.73 Å². The average molecular weight is 384 g/mol. The normalized spacial score (nSPS) is 11.4. The number of hydrogen-bond donors (Lipinski definition) is 2. The Balaban J connectivity index is 1.89. The van der Waals surface area contributed by atoms with E-state index in [-0.39, 0.29) is 17.3 Å². The first-order valence-electron chi connectivity index (χ1n) is 8.62. The Labute approximate surface area is 160 Å². The Hall–Kier alpha value is -3.67. The fourth-order valence-electron chi connectivity index (χ4n) is 2.46. The molecule has 3 aromatic rings. The largest absolute Gasteiger partial charge is 0.378 e. The van der Waals surface area contributed by atoms with Crippen LogP contribution in [0.2, 0.25) is 0 Å². The molecule has 0 unspecified atom stereocenters. The number of nitrogens with two attached hydrogens (primary N) is 1. The molecule has 146 valence electrons. The summed E-state index contributed by atoms with van der Waals surface area (Å²) >= 11 is 0. The van der Waals surface area contributed by atoms with E-state index in [0.29, 0.717) is 12.2 Å². The van der Waals surface area contributed by atoms with Crippen LogP contribution in [0.3, 0.4) is 0 Å². The highest BCUT2D eigenvalue weighted by molar-refractivity contribution is 5.94. The molecule has 0 spiro atoms. The van der Waals surface area contributed by atoms with Crippen LogP contribution in [-0.2, 0) is 6.54 Å². The van der Waals surface area contributed by atoms with Gasteiger partial charge in [0.1, 0.15) is 5.69 Å². The van der Waals surface area contributed by atoms with E-state index in [9.17, 15) is 4.79 Å². The number of rotatable bonds is 8. The molecule has 0 fully saturated rings. The minimum absolute atomic E-state index is 0.00722. The first-order valence-corrected chi connectivity index (χ1v) is 8.62. The number of nitrogen functional groups attached to an aromatic ring is 1. The van der Waals surface area contributed by atoms with Gasteiger partial charge in [-0.05, 0) is 29.5 Å². The van der Waals surface area contributed by atoms with Gasteiger partial charge in [-0.2, -0.15) is 9.78 Å². The Morgan fingerprint density at radius 3 is 2.86 bits per heavy atom. The monoisotopic (exact) mass is 384 g/mol. The van der Waals surface area contributed by atoms with E-state index in [2.05, 4.69) is 45.7 Å². The van der Waals surface area contributed by atoms with Gasteiger partial charge in [-0.25, -0.2) is 10.1 Å². The fraction of sp³-hybridized carbons (Fsp3) is 0.312. The molecule has 3 heterocycles. The van der Waals surface area contributed by atoms with Crippen molar-refractivity contribution >= 4 is 17.9 Å². The molecule has 0 aliphatic carbocycles. The standard InChI is InChI=1S/C16H20N10O2/c1-3-25(4-2)10-12-13(26(24-20-12)15-14(17)22-28-23-15)16(27)21-19-9-11-6-5-7-18-8-11/h5-9H,3-4,10H2,1-2H3,(H2,17,22)(H,21,27). The first kappa shape index (κ1) is 19.1. The molecule has 3 N–H and O–H groups in total. The smallest absolute Gasteiger partial charge is 0.292 e. The lowest BCUT2D eigenvalue weighted by Gasteiger charge is -2.16. The van der Waals surface area contributed by atoms with Crippen molar-refractivity contribution in [3.63, 3.8) is 0 Å². The maximum Gasteiger partial charge on any atom is 0.292 e. The number of amides is 1. The van der Waals surface area contributed by atoms with Gasteiger partial charge in [-0.1, -0.05) is 25.1 Å². The van der Waals surface area contributed by atoms with E-state index in [0.717, 1.165) is 18.7 Å².